The second kappa shape index (κ2) is 8.71. The quantitative estimate of drug-likeness (QED) is 0.480. The van der Waals surface area contributed by atoms with Gasteiger partial charge in [-0.25, -0.2) is 6.07 Å². The molecule has 0 heterocycles. The summed E-state index contributed by atoms with van der Waals surface area (Å²) < 4.78 is 20.4. The van der Waals surface area contributed by atoms with Gasteiger partial charge in [0.25, 0.3) is 0 Å². The molecule has 15 heavy (non-hydrogen) atoms. The fourth-order valence-corrected chi connectivity index (χ4v) is 1.75. The van der Waals surface area contributed by atoms with Crippen LogP contribution in [0.1, 0.15) is 0 Å². The van der Waals surface area contributed by atoms with Crippen LogP contribution < -0.4 is 10.6 Å². The van der Waals surface area contributed by atoms with Crippen LogP contribution in [0.5, 0.6) is 0 Å². The molecule has 0 unspecified atom stereocenters. The zero-order valence-corrected chi connectivity index (χ0v) is 10.6. The third kappa shape index (κ3) is 5.16. The Morgan fingerprint density at radius 1 is 1.07 bits per heavy atom. The van der Waals surface area contributed by atoms with E-state index in [2.05, 4.69) is 0 Å². The van der Waals surface area contributed by atoms with E-state index in [4.69, 9.17) is 0 Å². The second-order valence-corrected chi connectivity index (χ2v) is 3.77. The van der Waals surface area contributed by atoms with E-state index in [0.717, 1.165) is 0 Å². The van der Waals surface area contributed by atoms with Gasteiger partial charge in [0.1, 0.15) is 8.46 Å². The first kappa shape index (κ1) is 14.4. The minimum atomic E-state index is -0.0635. The summed E-state index contributed by atoms with van der Waals surface area (Å²) in [5, 5.41) is 1.21. The van der Waals surface area contributed by atoms with Crippen LogP contribution in [-0.4, -0.2) is 0 Å². The molecule has 2 aromatic carbocycles. The minimum Gasteiger partial charge on any atom is -0.748 e. The van der Waals surface area contributed by atoms with Crippen LogP contribution in [0.4, 0.5) is 0 Å². The molecule has 2 rings (SSSR count). The number of hydrogen-bond donors (Lipinski definition) is 0. The molecule has 0 spiro atoms. The Bertz CT molecular complexity index is 342. The predicted molar refractivity (Wildman–Crippen MR) is 58.6 cm³/mol. The van der Waals surface area contributed by atoms with Gasteiger partial charge in [0.05, 0.1) is 0 Å². The average Bonchev–Trinajstić information content (AvgIpc) is 2.91. The van der Waals surface area contributed by atoms with E-state index in [1.165, 1.54) is 0 Å². The summed E-state index contributed by atoms with van der Waals surface area (Å²) in [6.45, 7) is 0. The number of rotatable bonds is 2. The summed E-state index contributed by atoms with van der Waals surface area (Å²) >= 11 is 0. The van der Waals surface area contributed by atoms with Gasteiger partial charge in [-0.05, 0) is 0 Å². The number of hydrogen-bond acceptors (Lipinski definition) is 2. The van der Waals surface area contributed by atoms with Crippen LogP contribution in [0, 0.1) is 0 Å². The van der Waals surface area contributed by atoms with Crippen molar-refractivity contribution in [2.75, 3.05) is 0 Å². The molecule has 0 saturated carbocycles. The van der Waals surface area contributed by atoms with Gasteiger partial charge < -0.3 is 30.3 Å². The predicted octanol–water partition coefficient (Wildman–Crippen LogP) is 2.64. The molecule has 0 amide bonds. The Hall–Kier alpha value is -0.581. The molecule has 0 aromatic heterocycles. The average molecular weight is 278 g/mol. The molecule has 2 nitrogen and oxygen atoms in total. The first-order chi connectivity index (χ1) is 6.88. The van der Waals surface area contributed by atoms with Crippen LogP contribution in [0.3, 0.4) is 0 Å². The topological polar surface area (TPSA) is 34.1 Å². The van der Waals surface area contributed by atoms with Crippen LogP contribution >= 0.6 is 16.9 Å². The molecule has 0 N–H and O–H groups in total. The van der Waals surface area contributed by atoms with Gasteiger partial charge in [0.2, 0.25) is 0 Å². The Morgan fingerprint density at radius 3 is 1.93 bits per heavy atom. The molecule has 0 saturated heterocycles. The molecule has 0 atom stereocenters. The zero-order chi connectivity index (χ0) is 10.2. The summed E-state index contributed by atoms with van der Waals surface area (Å²) in [5.74, 6) is 0. The third-order valence-electron chi connectivity index (χ3n) is 1.52. The van der Waals surface area contributed by atoms with Crippen LogP contribution in [-0.2, 0) is 26.2 Å². The molecule has 0 aliphatic rings. The van der Waals surface area contributed by atoms with E-state index in [0.29, 0.717) is 10.6 Å². The van der Waals surface area contributed by atoms with E-state index in [1.807, 2.05) is 30.3 Å². The van der Waals surface area contributed by atoms with Crippen LogP contribution in [0.2, 0.25) is 0 Å². The Morgan fingerprint density at radius 2 is 1.60 bits per heavy atom. The van der Waals surface area contributed by atoms with Gasteiger partial charge >= 0.3 is 0 Å². The van der Waals surface area contributed by atoms with E-state index < -0.39 is 0 Å². The fourth-order valence-electron chi connectivity index (χ4n) is 0.876. The Kier molecular flexibility index (Phi) is 8.37. The summed E-state index contributed by atoms with van der Waals surface area (Å²) in [4.78, 5) is 0. The van der Waals surface area contributed by atoms with Crippen LogP contribution in [0.15, 0.2) is 48.5 Å². The van der Waals surface area contributed by atoms with Crippen molar-refractivity contribution in [1.82, 2.24) is 0 Å². The Balaban J connectivity index is 0.000000280. The van der Waals surface area contributed by atoms with E-state index in [-0.39, 0.29) is 34.0 Å². The molecule has 0 radical (unpaired) electrons. The first-order valence-electron chi connectivity index (χ1n) is 3.97. The Labute approximate surface area is 102 Å². The van der Waals surface area contributed by atoms with Crippen LogP contribution in [0.25, 0.3) is 0 Å². The van der Waals surface area contributed by atoms with Gasteiger partial charge in [-0.15, -0.1) is 0 Å². The van der Waals surface area contributed by atoms with Crippen molar-refractivity contribution in [1.29, 1.82) is 0 Å². The fraction of sp³-hybridized carbons (Fsp3) is 0. The first-order valence-corrected chi connectivity index (χ1v) is 5.60. The maximum atomic E-state index is 10.2. The molecule has 2 aromatic rings. The minimum absolute atomic E-state index is 0. The van der Waals surface area contributed by atoms with Crippen molar-refractivity contribution in [3.05, 3.63) is 48.5 Å². The summed E-state index contributed by atoms with van der Waals surface area (Å²) in [5.41, 5.74) is 0. The molecule has 0 aliphatic carbocycles. The maximum absolute atomic E-state index is 10.2. The van der Waals surface area contributed by atoms with Crippen molar-refractivity contribution >= 4 is 27.5 Å². The molecule has 0 aliphatic heterocycles. The van der Waals surface area contributed by atoms with E-state index in [9.17, 15) is 9.13 Å². The molecular formula is C10H8FeO2P2-6. The van der Waals surface area contributed by atoms with Crippen molar-refractivity contribution < 1.29 is 26.2 Å². The molecule has 0 bridgehead atoms. The summed E-state index contributed by atoms with van der Waals surface area (Å²) in [6, 6.07) is 15.1. The molecule has 84 valence electrons. The van der Waals surface area contributed by atoms with E-state index >= 15 is 0 Å². The monoisotopic (exact) mass is 278 g/mol. The molecule has 5 heteroatoms. The van der Waals surface area contributed by atoms with Crippen molar-refractivity contribution in [2.24, 2.45) is 0 Å². The van der Waals surface area contributed by atoms with Crippen molar-refractivity contribution in [3.8, 4) is 0 Å². The van der Waals surface area contributed by atoms with Gasteiger partial charge in [0.15, 0.2) is 8.46 Å². The normalized spacial score (nSPS) is 9.07. The zero-order valence-electron chi connectivity index (χ0n) is 7.68. The van der Waals surface area contributed by atoms with E-state index in [1.54, 1.807) is 18.2 Å². The molecule has 0 fully saturated rings. The maximum Gasteiger partial charge on any atom is 0.165 e. The SMILES string of the molecule is O=Pc1ccc[c-]1P=O.[Fe].[cH-]1[cH-][cH-][cH-][cH-]1. The summed E-state index contributed by atoms with van der Waals surface area (Å²) in [6.07, 6.45) is 0. The van der Waals surface area contributed by atoms with Gasteiger partial charge in [-0.2, -0.15) is 12.1 Å². The van der Waals surface area contributed by atoms with Gasteiger partial charge in [-0.1, -0.05) is 10.6 Å². The standard InChI is InChI=1S/C5H3O2P2.C5H5.Fe/c6-8-4-2-1-3-5(4)9-7;1-2-4-5-3-1;/h1-3H;1-5H;/q-1;-5;. The van der Waals surface area contributed by atoms with Gasteiger partial charge in [0, 0.05) is 17.1 Å². The van der Waals surface area contributed by atoms with Gasteiger partial charge in [-0.3, -0.25) is 9.13 Å². The van der Waals surface area contributed by atoms with Crippen molar-refractivity contribution in [2.45, 2.75) is 0 Å². The third-order valence-corrected chi connectivity index (χ3v) is 2.87. The molecular weight excluding hydrogens is 270 g/mol. The smallest absolute Gasteiger partial charge is 0.165 e. The summed E-state index contributed by atoms with van der Waals surface area (Å²) in [7, 11) is -0.127. The largest absolute Gasteiger partial charge is 0.748 e. The van der Waals surface area contributed by atoms with Crippen molar-refractivity contribution in [3.63, 3.8) is 0 Å². The second-order valence-electron chi connectivity index (χ2n) is 2.44.